The van der Waals surface area contributed by atoms with Gasteiger partial charge < -0.3 is 20.3 Å². The molecule has 1 unspecified atom stereocenters. The van der Waals surface area contributed by atoms with Gasteiger partial charge in [-0.05, 0) is 89.0 Å². The molecule has 3 fully saturated rings. The molecule has 0 radical (unpaired) electrons. The first-order valence-corrected chi connectivity index (χ1v) is 12.9. The van der Waals surface area contributed by atoms with Gasteiger partial charge in [0.1, 0.15) is 0 Å². The van der Waals surface area contributed by atoms with Gasteiger partial charge in [-0.25, -0.2) is 0 Å². The van der Waals surface area contributed by atoms with Crippen LogP contribution in [0.2, 0.25) is 0 Å². The molecule has 5 nitrogen and oxygen atoms in total. The van der Waals surface area contributed by atoms with Crippen LogP contribution in [-0.2, 0) is 9.53 Å². The molecule has 5 atom stereocenters. The molecule has 5 heteroatoms. The normalized spacial score (nSPS) is 30.8. The fourth-order valence-electron chi connectivity index (χ4n) is 6.18. The molecule has 2 bridgehead atoms. The summed E-state index contributed by atoms with van der Waals surface area (Å²) >= 11 is 0. The highest BCUT2D eigenvalue weighted by atomic mass is 16.5. The molecule has 0 amide bonds. The average molecular weight is 436 g/mol. The van der Waals surface area contributed by atoms with Gasteiger partial charge in [-0.1, -0.05) is 37.8 Å². The lowest BCUT2D eigenvalue weighted by atomic mass is 9.75. The highest BCUT2D eigenvalue weighted by Crippen LogP contribution is 2.47. The summed E-state index contributed by atoms with van der Waals surface area (Å²) in [5, 5.41) is 23.1. The SMILES string of the molecule is CC(O)(CNCCCC[C@H]1[C@@H](CC=CCCCC(=O)O)[C@H]2CC[C@@H]1O2)C1CCCCC1. The van der Waals surface area contributed by atoms with Crippen molar-refractivity contribution in [2.75, 3.05) is 13.1 Å². The van der Waals surface area contributed by atoms with Crippen LogP contribution >= 0.6 is 0 Å². The minimum Gasteiger partial charge on any atom is -0.481 e. The van der Waals surface area contributed by atoms with Crippen LogP contribution in [0, 0.1) is 17.8 Å². The Morgan fingerprint density at radius 1 is 1.03 bits per heavy atom. The molecule has 3 N–H and O–H groups in total. The number of allylic oxidation sites excluding steroid dienone is 2. The lowest BCUT2D eigenvalue weighted by Crippen LogP contribution is -2.45. The monoisotopic (exact) mass is 435 g/mol. The van der Waals surface area contributed by atoms with Crippen LogP contribution in [0.3, 0.4) is 0 Å². The van der Waals surface area contributed by atoms with Crippen LogP contribution in [0.15, 0.2) is 12.2 Å². The van der Waals surface area contributed by atoms with E-state index in [2.05, 4.69) is 17.5 Å². The van der Waals surface area contributed by atoms with Gasteiger partial charge in [0.2, 0.25) is 0 Å². The van der Waals surface area contributed by atoms with Crippen LogP contribution in [0.4, 0.5) is 0 Å². The number of ether oxygens (including phenoxy) is 1. The van der Waals surface area contributed by atoms with Crippen molar-refractivity contribution in [1.82, 2.24) is 5.32 Å². The zero-order chi connectivity index (χ0) is 22.1. The zero-order valence-electron chi connectivity index (χ0n) is 19.6. The number of fused-ring (bicyclic) bond motifs is 2. The molecule has 0 aromatic heterocycles. The molecule has 1 aliphatic carbocycles. The Morgan fingerprint density at radius 3 is 2.52 bits per heavy atom. The molecule has 2 saturated heterocycles. The number of unbranched alkanes of at least 4 members (excludes halogenated alkanes) is 2. The summed E-state index contributed by atoms with van der Waals surface area (Å²) < 4.78 is 6.24. The third-order valence-corrected chi connectivity index (χ3v) is 8.04. The molecule has 0 aromatic carbocycles. The van der Waals surface area contributed by atoms with Crippen molar-refractivity contribution >= 4 is 5.97 Å². The third-order valence-electron chi connectivity index (χ3n) is 8.04. The summed E-state index contributed by atoms with van der Waals surface area (Å²) in [4.78, 5) is 10.6. The van der Waals surface area contributed by atoms with E-state index in [1.807, 2.05) is 6.92 Å². The van der Waals surface area contributed by atoms with E-state index in [1.54, 1.807) is 0 Å². The second kappa shape index (κ2) is 12.4. The van der Waals surface area contributed by atoms with Gasteiger partial charge >= 0.3 is 5.97 Å². The van der Waals surface area contributed by atoms with E-state index in [0.29, 0.717) is 36.5 Å². The number of aliphatic hydroxyl groups is 1. The molecule has 0 spiro atoms. The Balaban J connectivity index is 1.30. The van der Waals surface area contributed by atoms with E-state index in [1.165, 1.54) is 57.8 Å². The Kier molecular flexibility index (Phi) is 9.86. The first-order valence-electron chi connectivity index (χ1n) is 12.9. The van der Waals surface area contributed by atoms with Crippen molar-refractivity contribution in [3.8, 4) is 0 Å². The topological polar surface area (TPSA) is 78.8 Å². The number of rotatable bonds is 14. The van der Waals surface area contributed by atoms with Crippen LogP contribution in [-0.4, -0.2) is 47.1 Å². The fraction of sp³-hybridized carbons (Fsp3) is 0.885. The number of carbonyl (C=O) groups is 1. The van der Waals surface area contributed by atoms with Gasteiger partial charge in [-0.3, -0.25) is 4.79 Å². The van der Waals surface area contributed by atoms with Crippen molar-refractivity contribution in [3.63, 3.8) is 0 Å². The smallest absolute Gasteiger partial charge is 0.303 e. The lowest BCUT2D eigenvalue weighted by molar-refractivity contribution is -0.137. The average Bonchev–Trinajstić information content (AvgIpc) is 3.35. The van der Waals surface area contributed by atoms with Crippen LogP contribution in [0.25, 0.3) is 0 Å². The molecule has 1 saturated carbocycles. The first kappa shape index (κ1) is 24.7. The summed E-state index contributed by atoms with van der Waals surface area (Å²) in [5.74, 6) is 1.06. The van der Waals surface area contributed by atoms with Crippen molar-refractivity contribution in [3.05, 3.63) is 12.2 Å². The van der Waals surface area contributed by atoms with E-state index in [9.17, 15) is 9.90 Å². The summed E-state index contributed by atoms with van der Waals surface area (Å²) in [5.41, 5.74) is -0.569. The number of carboxylic acids is 1. The summed E-state index contributed by atoms with van der Waals surface area (Å²) in [6.45, 7) is 3.71. The molecular formula is C26H45NO4. The largest absolute Gasteiger partial charge is 0.481 e. The molecule has 2 aliphatic heterocycles. The Bertz CT molecular complexity index is 570. The lowest BCUT2D eigenvalue weighted by Gasteiger charge is -2.35. The van der Waals surface area contributed by atoms with Gasteiger partial charge in [0, 0.05) is 13.0 Å². The van der Waals surface area contributed by atoms with E-state index in [4.69, 9.17) is 9.84 Å². The van der Waals surface area contributed by atoms with Gasteiger partial charge in [-0.2, -0.15) is 0 Å². The maximum absolute atomic E-state index is 10.8. The summed E-state index contributed by atoms with van der Waals surface area (Å²) in [7, 11) is 0. The number of aliphatic carboxylic acids is 1. The molecule has 3 aliphatic rings. The number of nitrogens with one attached hydrogen (secondary N) is 1. The van der Waals surface area contributed by atoms with Crippen molar-refractivity contribution in [2.45, 2.75) is 115 Å². The van der Waals surface area contributed by atoms with Crippen molar-refractivity contribution < 1.29 is 19.7 Å². The number of hydrogen-bond donors (Lipinski definition) is 3. The zero-order valence-corrected chi connectivity index (χ0v) is 19.6. The van der Waals surface area contributed by atoms with Crippen molar-refractivity contribution in [1.29, 1.82) is 0 Å². The second-order valence-corrected chi connectivity index (χ2v) is 10.5. The van der Waals surface area contributed by atoms with Gasteiger partial charge in [0.25, 0.3) is 0 Å². The standard InChI is InChI=1S/C26H45NO4/c1-26(30,20-11-5-4-6-12-20)19-27-18-10-9-14-22-21(23-16-17-24(22)31-23)13-7-2-3-8-15-25(28)29/h2,7,20-24,27,30H,3-6,8-19H2,1H3,(H,28,29)/t21-,22+,23-,24+,26?/m1/s1. The highest BCUT2D eigenvalue weighted by molar-refractivity contribution is 5.66. The number of hydrogen-bond acceptors (Lipinski definition) is 4. The molecular weight excluding hydrogens is 390 g/mol. The predicted octanol–water partition coefficient (Wildman–Crippen LogP) is 5.07. The van der Waals surface area contributed by atoms with Gasteiger partial charge in [0.15, 0.2) is 0 Å². The minimum absolute atomic E-state index is 0.258. The summed E-state index contributed by atoms with van der Waals surface area (Å²) in [6.07, 6.45) is 20.5. The van der Waals surface area contributed by atoms with Crippen molar-refractivity contribution in [2.24, 2.45) is 17.8 Å². The quantitative estimate of drug-likeness (QED) is 0.262. The molecule has 2 heterocycles. The van der Waals surface area contributed by atoms with Gasteiger partial charge in [-0.15, -0.1) is 0 Å². The highest BCUT2D eigenvalue weighted by Gasteiger charge is 2.47. The maximum atomic E-state index is 10.8. The maximum Gasteiger partial charge on any atom is 0.303 e. The van der Waals surface area contributed by atoms with E-state index in [-0.39, 0.29) is 6.42 Å². The van der Waals surface area contributed by atoms with Gasteiger partial charge in [0.05, 0.1) is 17.8 Å². The Morgan fingerprint density at radius 2 is 1.77 bits per heavy atom. The third kappa shape index (κ3) is 7.57. The van der Waals surface area contributed by atoms with Crippen LogP contribution in [0.5, 0.6) is 0 Å². The molecule has 0 aromatic rings. The minimum atomic E-state index is -0.706. The summed E-state index contributed by atoms with van der Waals surface area (Å²) in [6, 6.07) is 0. The van der Waals surface area contributed by atoms with E-state index >= 15 is 0 Å². The van der Waals surface area contributed by atoms with E-state index < -0.39 is 11.6 Å². The number of carboxylic acid groups (broad SMARTS) is 1. The molecule has 178 valence electrons. The Labute approximate surface area is 189 Å². The van der Waals surface area contributed by atoms with Crippen LogP contribution < -0.4 is 5.32 Å². The second-order valence-electron chi connectivity index (χ2n) is 10.5. The predicted molar refractivity (Wildman–Crippen MR) is 124 cm³/mol. The molecule has 31 heavy (non-hydrogen) atoms. The van der Waals surface area contributed by atoms with Crippen LogP contribution in [0.1, 0.15) is 96.8 Å². The Hall–Kier alpha value is -0.910. The van der Waals surface area contributed by atoms with E-state index in [0.717, 1.165) is 32.2 Å². The first-order chi connectivity index (χ1) is 15.0. The fourth-order valence-corrected chi connectivity index (χ4v) is 6.18. The molecule has 3 rings (SSSR count).